The molecule has 0 amide bonds. The van der Waals surface area contributed by atoms with E-state index in [9.17, 15) is 18.9 Å². The zero-order chi connectivity index (χ0) is 13.3. The van der Waals surface area contributed by atoms with Crippen LogP contribution in [0.1, 0.15) is 6.92 Å². The van der Waals surface area contributed by atoms with E-state index >= 15 is 0 Å². The Bertz CT molecular complexity index is 375. The van der Waals surface area contributed by atoms with Crippen LogP contribution in [0.5, 0.6) is 0 Å². The minimum absolute atomic E-state index is 0.121. The van der Waals surface area contributed by atoms with Crippen LogP contribution in [0.15, 0.2) is 4.99 Å². The highest BCUT2D eigenvalue weighted by atomic mass is 19.3. The number of nitro groups is 1. The van der Waals surface area contributed by atoms with Crippen molar-refractivity contribution in [2.24, 2.45) is 16.8 Å². The molecular weight excluding hydrogens is 248 g/mol. The van der Waals surface area contributed by atoms with Gasteiger partial charge in [-0.25, -0.2) is 0 Å². The maximum atomic E-state index is 13.4. The molecule has 18 heavy (non-hydrogen) atoms. The van der Waals surface area contributed by atoms with Gasteiger partial charge in [0.25, 0.3) is 5.84 Å². The van der Waals surface area contributed by atoms with Gasteiger partial charge in [-0.2, -0.15) is 0 Å². The molecular formula is C10H15F2N3O3. The molecule has 1 fully saturated rings. The molecule has 0 aliphatic carbocycles. The van der Waals surface area contributed by atoms with Crippen molar-refractivity contribution in [1.29, 1.82) is 0 Å². The molecule has 1 saturated heterocycles. The highest BCUT2D eigenvalue weighted by Crippen LogP contribution is 2.26. The molecule has 2 heterocycles. The third-order valence-electron chi connectivity index (χ3n) is 3.40. The van der Waals surface area contributed by atoms with E-state index in [0.29, 0.717) is 26.3 Å². The SMILES string of the molecule is CC1COCC1CN1CCN=C1C(F)(F)[N+](=O)[O-]. The quantitative estimate of drug-likeness (QED) is 0.428. The van der Waals surface area contributed by atoms with E-state index in [0.717, 1.165) is 0 Å². The predicted molar refractivity (Wildman–Crippen MR) is 59.3 cm³/mol. The fraction of sp³-hybridized carbons (Fsp3) is 0.900. The molecule has 2 atom stereocenters. The van der Waals surface area contributed by atoms with Crippen molar-refractivity contribution in [2.45, 2.75) is 13.0 Å². The number of amidine groups is 1. The van der Waals surface area contributed by atoms with Crippen molar-refractivity contribution < 1.29 is 18.4 Å². The van der Waals surface area contributed by atoms with Crippen LogP contribution >= 0.6 is 0 Å². The van der Waals surface area contributed by atoms with Crippen LogP contribution in [-0.4, -0.2) is 54.6 Å². The maximum Gasteiger partial charge on any atom is 0.572 e. The third-order valence-corrected chi connectivity index (χ3v) is 3.40. The summed E-state index contributed by atoms with van der Waals surface area (Å²) in [6.07, 6.45) is 0. The standard InChI is InChI=1S/C10H15F2N3O3/c1-7-5-18-6-8(7)4-14-3-2-13-9(14)10(11,12)15(16)17/h7-8H,2-6H2,1H3. The average Bonchev–Trinajstić information content (AvgIpc) is 2.89. The van der Waals surface area contributed by atoms with Gasteiger partial charge < -0.3 is 9.64 Å². The van der Waals surface area contributed by atoms with E-state index < -0.39 is 16.8 Å². The zero-order valence-corrected chi connectivity index (χ0v) is 10.0. The second-order valence-corrected chi connectivity index (χ2v) is 4.72. The first-order valence-electron chi connectivity index (χ1n) is 5.83. The summed E-state index contributed by atoms with van der Waals surface area (Å²) in [6, 6.07) is -4.10. The van der Waals surface area contributed by atoms with E-state index in [1.54, 1.807) is 0 Å². The maximum absolute atomic E-state index is 13.4. The Morgan fingerprint density at radius 3 is 2.89 bits per heavy atom. The summed E-state index contributed by atoms with van der Waals surface area (Å²) >= 11 is 0. The highest BCUT2D eigenvalue weighted by Gasteiger charge is 2.54. The van der Waals surface area contributed by atoms with E-state index in [2.05, 4.69) is 4.99 Å². The van der Waals surface area contributed by atoms with Gasteiger partial charge >= 0.3 is 6.05 Å². The lowest BCUT2D eigenvalue weighted by Crippen LogP contribution is -2.48. The summed E-state index contributed by atoms with van der Waals surface area (Å²) in [5, 5.41) is 10.4. The Hall–Kier alpha value is -1.31. The molecule has 0 aromatic carbocycles. The molecule has 0 N–H and O–H groups in total. The molecule has 0 saturated carbocycles. The molecule has 0 radical (unpaired) electrons. The summed E-state index contributed by atoms with van der Waals surface area (Å²) in [6.45, 7) is 3.92. The lowest BCUT2D eigenvalue weighted by atomic mass is 9.97. The minimum atomic E-state index is -4.10. The average molecular weight is 263 g/mol. The fourth-order valence-electron chi connectivity index (χ4n) is 2.25. The van der Waals surface area contributed by atoms with Crippen molar-refractivity contribution in [3.8, 4) is 0 Å². The van der Waals surface area contributed by atoms with Crippen molar-refractivity contribution >= 4 is 5.84 Å². The van der Waals surface area contributed by atoms with Gasteiger partial charge in [0.1, 0.15) is 4.92 Å². The second kappa shape index (κ2) is 4.75. The molecule has 0 spiro atoms. The number of ether oxygens (including phenoxy) is 1. The number of halogens is 2. The molecule has 2 rings (SSSR count). The topological polar surface area (TPSA) is 68.0 Å². The van der Waals surface area contributed by atoms with Gasteiger partial charge in [0.2, 0.25) is 0 Å². The molecule has 8 heteroatoms. The first-order valence-corrected chi connectivity index (χ1v) is 5.83. The number of rotatable bonds is 4. The van der Waals surface area contributed by atoms with Gasteiger partial charge in [-0.3, -0.25) is 15.1 Å². The van der Waals surface area contributed by atoms with Crippen molar-refractivity contribution in [3.63, 3.8) is 0 Å². The van der Waals surface area contributed by atoms with Crippen LogP contribution < -0.4 is 0 Å². The second-order valence-electron chi connectivity index (χ2n) is 4.72. The van der Waals surface area contributed by atoms with Gasteiger partial charge in [-0.05, 0) is 5.92 Å². The minimum Gasteiger partial charge on any atom is -0.381 e. The summed E-state index contributed by atoms with van der Waals surface area (Å²) in [7, 11) is 0. The first-order chi connectivity index (χ1) is 8.43. The van der Waals surface area contributed by atoms with Gasteiger partial charge in [-0.1, -0.05) is 6.92 Å². The van der Waals surface area contributed by atoms with Crippen molar-refractivity contribution in [3.05, 3.63) is 10.1 Å². The summed E-state index contributed by atoms with van der Waals surface area (Å²) in [5.41, 5.74) is 0. The molecule has 6 nitrogen and oxygen atoms in total. The third kappa shape index (κ3) is 2.29. The van der Waals surface area contributed by atoms with E-state index in [1.807, 2.05) is 6.92 Å². The summed E-state index contributed by atoms with van der Waals surface area (Å²) in [5.74, 6) is -0.321. The van der Waals surface area contributed by atoms with E-state index in [1.165, 1.54) is 4.90 Å². The van der Waals surface area contributed by atoms with Gasteiger partial charge in [0.15, 0.2) is 0 Å². The number of hydrogen-bond donors (Lipinski definition) is 0. The fourth-order valence-corrected chi connectivity index (χ4v) is 2.25. The molecule has 0 aromatic heterocycles. The predicted octanol–water partition coefficient (Wildman–Crippen LogP) is 0.853. The Labute approximate surface area is 103 Å². The highest BCUT2D eigenvalue weighted by molar-refractivity contribution is 5.88. The Morgan fingerprint density at radius 1 is 1.61 bits per heavy atom. The van der Waals surface area contributed by atoms with Crippen molar-refractivity contribution in [2.75, 3.05) is 32.8 Å². The Kier molecular flexibility index (Phi) is 3.47. The summed E-state index contributed by atoms with van der Waals surface area (Å²) in [4.78, 5) is 13.7. The van der Waals surface area contributed by atoms with Crippen LogP contribution in [0.4, 0.5) is 8.78 Å². The zero-order valence-electron chi connectivity index (χ0n) is 10.0. The molecule has 2 aliphatic rings. The van der Waals surface area contributed by atoms with Crippen LogP contribution in [0.2, 0.25) is 0 Å². The Morgan fingerprint density at radius 2 is 2.33 bits per heavy atom. The Balaban J connectivity index is 2.05. The normalized spacial score (nSPS) is 28.6. The van der Waals surface area contributed by atoms with Crippen LogP contribution in [0, 0.1) is 22.0 Å². The van der Waals surface area contributed by atoms with Crippen LogP contribution in [0.25, 0.3) is 0 Å². The van der Waals surface area contributed by atoms with Gasteiger partial charge in [-0.15, -0.1) is 8.78 Å². The van der Waals surface area contributed by atoms with Crippen LogP contribution in [0.3, 0.4) is 0 Å². The van der Waals surface area contributed by atoms with E-state index in [-0.39, 0.29) is 18.4 Å². The number of hydrogen-bond acceptors (Lipinski definition) is 5. The summed E-state index contributed by atoms with van der Waals surface area (Å²) < 4.78 is 32.0. The molecule has 102 valence electrons. The first kappa shape index (κ1) is 13.1. The van der Waals surface area contributed by atoms with Gasteiger partial charge in [0.05, 0.1) is 13.2 Å². The molecule has 2 aliphatic heterocycles. The molecule has 0 aromatic rings. The lowest BCUT2D eigenvalue weighted by Gasteiger charge is -2.25. The van der Waals surface area contributed by atoms with E-state index in [4.69, 9.17) is 4.74 Å². The smallest absolute Gasteiger partial charge is 0.381 e. The van der Waals surface area contributed by atoms with Crippen LogP contribution in [-0.2, 0) is 4.74 Å². The lowest BCUT2D eigenvalue weighted by molar-refractivity contribution is -0.618. The largest absolute Gasteiger partial charge is 0.572 e. The molecule has 2 unspecified atom stereocenters. The number of aliphatic imine (C=N–C) groups is 1. The van der Waals surface area contributed by atoms with Gasteiger partial charge in [0, 0.05) is 25.6 Å². The van der Waals surface area contributed by atoms with Crippen molar-refractivity contribution in [1.82, 2.24) is 4.90 Å². The number of alkyl halides is 2. The molecule has 0 bridgehead atoms. The number of nitrogens with zero attached hydrogens (tertiary/aromatic N) is 3. The monoisotopic (exact) mass is 263 g/mol.